The second kappa shape index (κ2) is 5.31. The van der Waals surface area contributed by atoms with Crippen LogP contribution in [0.1, 0.15) is 37.7 Å². The zero-order valence-corrected chi connectivity index (χ0v) is 11.1. The van der Waals surface area contributed by atoms with Gasteiger partial charge in [0.15, 0.2) is 0 Å². The van der Waals surface area contributed by atoms with E-state index < -0.39 is 0 Å². The summed E-state index contributed by atoms with van der Waals surface area (Å²) in [5.74, 6) is 1.95. The molecule has 0 radical (unpaired) electrons. The summed E-state index contributed by atoms with van der Waals surface area (Å²) in [4.78, 5) is 2.58. The van der Waals surface area contributed by atoms with E-state index in [1.54, 1.807) is 0 Å². The highest BCUT2D eigenvalue weighted by molar-refractivity contribution is 5.49. The molecule has 2 nitrogen and oxygen atoms in total. The van der Waals surface area contributed by atoms with Crippen molar-refractivity contribution in [2.24, 2.45) is 17.6 Å². The van der Waals surface area contributed by atoms with E-state index in [2.05, 4.69) is 29.2 Å². The maximum atomic E-state index is 5.74. The van der Waals surface area contributed by atoms with Crippen molar-refractivity contribution in [3.05, 3.63) is 29.8 Å². The summed E-state index contributed by atoms with van der Waals surface area (Å²) >= 11 is 0. The summed E-state index contributed by atoms with van der Waals surface area (Å²) in [5.41, 5.74) is 8.36. The molecule has 0 amide bonds. The zero-order valence-electron chi connectivity index (χ0n) is 11.1. The Morgan fingerprint density at radius 1 is 1.11 bits per heavy atom. The van der Waals surface area contributed by atoms with Crippen LogP contribution in [0, 0.1) is 11.8 Å². The van der Waals surface area contributed by atoms with Gasteiger partial charge in [-0.1, -0.05) is 31.4 Å². The van der Waals surface area contributed by atoms with Crippen molar-refractivity contribution in [1.29, 1.82) is 0 Å². The molecule has 98 valence electrons. The van der Waals surface area contributed by atoms with Gasteiger partial charge in [-0.05, 0) is 42.4 Å². The first-order valence-electron chi connectivity index (χ1n) is 7.41. The van der Waals surface area contributed by atoms with E-state index in [-0.39, 0.29) is 0 Å². The van der Waals surface area contributed by atoms with Crippen LogP contribution in [0.2, 0.25) is 0 Å². The van der Waals surface area contributed by atoms with Crippen LogP contribution in [0.5, 0.6) is 0 Å². The van der Waals surface area contributed by atoms with E-state index in [0.717, 1.165) is 11.8 Å². The third-order valence-corrected chi connectivity index (χ3v) is 4.80. The smallest absolute Gasteiger partial charge is 0.0369 e. The largest absolute Gasteiger partial charge is 0.371 e. The molecule has 0 bridgehead atoms. The van der Waals surface area contributed by atoms with Crippen molar-refractivity contribution in [1.82, 2.24) is 0 Å². The predicted octanol–water partition coefficient (Wildman–Crippen LogP) is 3.16. The van der Waals surface area contributed by atoms with Crippen molar-refractivity contribution in [3.8, 4) is 0 Å². The van der Waals surface area contributed by atoms with E-state index in [1.165, 1.54) is 56.4 Å². The third kappa shape index (κ3) is 2.39. The number of benzene rings is 1. The second-order valence-electron chi connectivity index (χ2n) is 5.91. The van der Waals surface area contributed by atoms with Crippen LogP contribution in [-0.4, -0.2) is 13.1 Å². The van der Waals surface area contributed by atoms with Crippen LogP contribution in [0.4, 0.5) is 5.69 Å². The fourth-order valence-corrected chi connectivity index (χ4v) is 3.72. The lowest BCUT2D eigenvalue weighted by atomic mass is 9.75. The molecule has 2 atom stereocenters. The highest BCUT2D eigenvalue weighted by Gasteiger charge is 2.31. The Hall–Kier alpha value is -1.02. The Labute approximate surface area is 110 Å². The van der Waals surface area contributed by atoms with E-state index in [1.807, 2.05) is 0 Å². The Bertz CT molecular complexity index is 402. The summed E-state index contributed by atoms with van der Waals surface area (Å²) in [6.07, 6.45) is 7.21. The minimum absolute atomic E-state index is 0.647. The molecule has 1 aromatic carbocycles. The van der Waals surface area contributed by atoms with Crippen LogP contribution in [0.3, 0.4) is 0 Å². The molecule has 1 heterocycles. The van der Waals surface area contributed by atoms with Gasteiger partial charge in [0.1, 0.15) is 0 Å². The Morgan fingerprint density at radius 3 is 2.78 bits per heavy atom. The molecule has 0 aromatic heterocycles. The zero-order chi connectivity index (χ0) is 12.4. The normalized spacial score (nSPS) is 27.9. The maximum absolute atomic E-state index is 5.74. The van der Waals surface area contributed by atoms with Gasteiger partial charge < -0.3 is 10.6 Å². The Morgan fingerprint density at radius 2 is 1.94 bits per heavy atom. The fraction of sp³-hybridized carbons (Fsp3) is 0.625. The molecule has 1 aliphatic carbocycles. The highest BCUT2D eigenvalue weighted by atomic mass is 15.1. The van der Waals surface area contributed by atoms with Gasteiger partial charge in [0.05, 0.1) is 0 Å². The minimum Gasteiger partial charge on any atom is -0.371 e. The lowest BCUT2D eigenvalue weighted by Gasteiger charge is -2.42. The van der Waals surface area contributed by atoms with Gasteiger partial charge in [0, 0.05) is 25.3 Å². The van der Waals surface area contributed by atoms with Crippen molar-refractivity contribution >= 4 is 5.69 Å². The van der Waals surface area contributed by atoms with Gasteiger partial charge in [-0.15, -0.1) is 0 Å². The SMILES string of the molecule is NCc1cccc(N2CCC3CCCCC3C2)c1. The molecule has 3 rings (SSSR count). The molecule has 2 aliphatic rings. The summed E-state index contributed by atoms with van der Waals surface area (Å²) in [6, 6.07) is 8.77. The first-order chi connectivity index (χ1) is 8.86. The quantitative estimate of drug-likeness (QED) is 0.866. The van der Waals surface area contributed by atoms with Gasteiger partial charge in [-0.3, -0.25) is 0 Å². The molecule has 2 heteroatoms. The Balaban J connectivity index is 1.72. The second-order valence-corrected chi connectivity index (χ2v) is 5.91. The van der Waals surface area contributed by atoms with Crippen molar-refractivity contribution in [2.45, 2.75) is 38.6 Å². The number of hydrogen-bond acceptors (Lipinski definition) is 2. The molecule has 2 fully saturated rings. The topological polar surface area (TPSA) is 29.3 Å². The first-order valence-corrected chi connectivity index (χ1v) is 7.41. The molecule has 1 saturated heterocycles. The number of piperidine rings is 1. The number of fused-ring (bicyclic) bond motifs is 1. The van der Waals surface area contributed by atoms with E-state index in [0.29, 0.717) is 6.54 Å². The number of hydrogen-bond donors (Lipinski definition) is 1. The molecule has 1 aromatic rings. The highest BCUT2D eigenvalue weighted by Crippen LogP contribution is 2.37. The molecule has 2 unspecified atom stereocenters. The summed E-state index contributed by atoms with van der Waals surface area (Å²) < 4.78 is 0. The fourth-order valence-electron chi connectivity index (χ4n) is 3.72. The number of anilines is 1. The van der Waals surface area contributed by atoms with Gasteiger partial charge in [0.25, 0.3) is 0 Å². The van der Waals surface area contributed by atoms with Crippen molar-refractivity contribution in [3.63, 3.8) is 0 Å². The van der Waals surface area contributed by atoms with Gasteiger partial charge in [-0.2, -0.15) is 0 Å². The van der Waals surface area contributed by atoms with Crippen molar-refractivity contribution in [2.75, 3.05) is 18.0 Å². The number of nitrogens with two attached hydrogens (primary N) is 1. The lowest BCUT2D eigenvalue weighted by Crippen LogP contribution is -2.41. The predicted molar refractivity (Wildman–Crippen MR) is 76.6 cm³/mol. The van der Waals surface area contributed by atoms with E-state index >= 15 is 0 Å². The molecular weight excluding hydrogens is 220 g/mol. The number of nitrogens with zero attached hydrogens (tertiary/aromatic N) is 1. The van der Waals surface area contributed by atoms with E-state index in [9.17, 15) is 0 Å². The van der Waals surface area contributed by atoms with Crippen LogP contribution in [0.25, 0.3) is 0 Å². The maximum Gasteiger partial charge on any atom is 0.0369 e. The van der Waals surface area contributed by atoms with Crippen LogP contribution < -0.4 is 10.6 Å². The number of rotatable bonds is 2. The summed E-state index contributed by atoms with van der Waals surface area (Å²) in [7, 11) is 0. The molecule has 0 spiro atoms. The van der Waals surface area contributed by atoms with Crippen LogP contribution >= 0.6 is 0 Å². The third-order valence-electron chi connectivity index (χ3n) is 4.80. The van der Waals surface area contributed by atoms with Gasteiger partial charge in [0.2, 0.25) is 0 Å². The molecule has 1 saturated carbocycles. The summed E-state index contributed by atoms with van der Waals surface area (Å²) in [6.45, 7) is 3.14. The standard InChI is InChI=1S/C16H24N2/c17-11-13-4-3-7-16(10-13)18-9-8-14-5-1-2-6-15(14)12-18/h3-4,7,10,14-15H,1-2,5-6,8-9,11-12,17H2. The van der Waals surface area contributed by atoms with Crippen LogP contribution in [0.15, 0.2) is 24.3 Å². The first kappa shape index (κ1) is 12.0. The Kier molecular flexibility index (Phi) is 3.55. The lowest BCUT2D eigenvalue weighted by molar-refractivity contribution is 0.202. The average molecular weight is 244 g/mol. The molecule has 1 aliphatic heterocycles. The molecular formula is C16H24N2. The van der Waals surface area contributed by atoms with E-state index in [4.69, 9.17) is 5.73 Å². The van der Waals surface area contributed by atoms with Crippen molar-refractivity contribution < 1.29 is 0 Å². The minimum atomic E-state index is 0.647. The summed E-state index contributed by atoms with van der Waals surface area (Å²) in [5, 5.41) is 0. The van der Waals surface area contributed by atoms with Gasteiger partial charge in [-0.25, -0.2) is 0 Å². The molecule has 2 N–H and O–H groups in total. The average Bonchev–Trinajstić information content (AvgIpc) is 2.47. The van der Waals surface area contributed by atoms with Crippen LogP contribution in [-0.2, 0) is 6.54 Å². The monoisotopic (exact) mass is 244 g/mol. The molecule has 18 heavy (non-hydrogen) atoms. The van der Waals surface area contributed by atoms with Gasteiger partial charge >= 0.3 is 0 Å².